The predicted octanol–water partition coefficient (Wildman–Crippen LogP) is 4.42. The number of rotatable bonds is 5. The summed E-state index contributed by atoms with van der Waals surface area (Å²) in [6.45, 7) is 4.70. The van der Waals surface area contributed by atoms with Gasteiger partial charge < -0.3 is 9.73 Å². The second kappa shape index (κ2) is 6.13. The molecule has 0 saturated carbocycles. The summed E-state index contributed by atoms with van der Waals surface area (Å²) < 4.78 is 45.8. The van der Waals surface area contributed by atoms with Crippen LogP contribution >= 0.6 is 0 Å². The third-order valence-electron chi connectivity index (χ3n) is 3.08. The van der Waals surface area contributed by atoms with E-state index in [4.69, 9.17) is 4.42 Å². The van der Waals surface area contributed by atoms with Crippen LogP contribution < -0.4 is 5.32 Å². The van der Waals surface area contributed by atoms with Gasteiger partial charge in [-0.2, -0.15) is 0 Å². The summed E-state index contributed by atoms with van der Waals surface area (Å²) in [5, 5.41) is 3.21. The van der Waals surface area contributed by atoms with E-state index in [9.17, 15) is 13.2 Å². The number of benzene rings is 1. The molecule has 0 spiro atoms. The predicted molar refractivity (Wildman–Crippen MR) is 70.7 cm³/mol. The second-order valence-corrected chi connectivity index (χ2v) is 4.46. The fourth-order valence-corrected chi connectivity index (χ4v) is 2.14. The molecule has 1 N–H and O–H groups in total. The first kappa shape index (κ1) is 14.7. The van der Waals surface area contributed by atoms with E-state index < -0.39 is 17.5 Å². The molecule has 5 heteroatoms. The van der Waals surface area contributed by atoms with Gasteiger partial charge in [-0.25, -0.2) is 13.2 Å². The largest absolute Gasteiger partial charge is 0.459 e. The molecule has 0 fully saturated rings. The first-order valence-electron chi connectivity index (χ1n) is 6.54. The molecular formula is C15H16F3NO. The Kier molecular flexibility index (Phi) is 4.49. The molecule has 20 heavy (non-hydrogen) atoms. The van der Waals surface area contributed by atoms with Crippen molar-refractivity contribution >= 4 is 0 Å². The van der Waals surface area contributed by atoms with E-state index in [2.05, 4.69) is 5.32 Å². The minimum absolute atomic E-state index is 0.0136. The lowest BCUT2D eigenvalue weighted by Crippen LogP contribution is -2.19. The van der Waals surface area contributed by atoms with Gasteiger partial charge in [-0.05, 0) is 25.1 Å². The highest BCUT2D eigenvalue weighted by atomic mass is 19.1. The molecule has 0 amide bonds. The van der Waals surface area contributed by atoms with Crippen LogP contribution in [0.2, 0.25) is 0 Å². The topological polar surface area (TPSA) is 25.2 Å². The molecule has 0 aliphatic heterocycles. The van der Waals surface area contributed by atoms with E-state index in [1.807, 2.05) is 13.8 Å². The zero-order valence-corrected chi connectivity index (χ0v) is 11.3. The van der Waals surface area contributed by atoms with Crippen LogP contribution in [-0.4, -0.2) is 6.54 Å². The van der Waals surface area contributed by atoms with E-state index in [0.717, 1.165) is 13.0 Å². The Balaban J connectivity index is 2.38. The molecule has 0 aliphatic carbocycles. The average molecular weight is 283 g/mol. The molecule has 1 heterocycles. The summed E-state index contributed by atoms with van der Waals surface area (Å²) in [5.41, 5.74) is -0.344. The van der Waals surface area contributed by atoms with Crippen molar-refractivity contribution in [3.05, 3.63) is 47.5 Å². The highest BCUT2D eigenvalue weighted by molar-refractivity contribution is 5.59. The maximum Gasteiger partial charge on any atom is 0.140 e. The number of nitrogens with one attached hydrogen (secondary N) is 1. The third-order valence-corrected chi connectivity index (χ3v) is 3.08. The zero-order valence-electron chi connectivity index (χ0n) is 11.3. The molecule has 1 aromatic heterocycles. The number of hydrogen-bond donors (Lipinski definition) is 1. The summed E-state index contributed by atoms with van der Waals surface area (Å²) >= 11 is 0. The molecule has 2 nitrogen and oxygen atoms in total. The maximum absolute atomic E-state index is 13.7. The van der Waals surface area contributed by atoms with Crippen LogP contribution in [0.1, 0.15) is 32.1 Å². The van der Waals surface area contributed by atoms with E-state index in [0.29, 0.717) is 17.9 Å². The molecule has 1 aromatic carbocycles. The Morgan fingerprint density at radius 3 is 2.30 bits per heavy atom. The van der Waals surface area contributed by atoms with Crippen molar-refractivity contribution < 1.29 is 17.6 Å². The zero-order chi connectivity index (χ0) is 14.7. The number of furan rings is 1. The van der Waals surface area contributed by atoms with Gasteiger partial charge in [0, 0.05) is 12.1 Å². The van der Waals surface area contributed by atoms with Crippen molar-refractivity contribution in [1.82, 2.24) is 5.32 Å². The van der Waals surface area contributed by atoms with Crippen LogP contribution in [0.15, 0.2) is 28.7 Å². The van der Waals surface area contributed by atoms with Gasteiger partial charge in [0.2, 0.25) is 0 Å². The summed E-state index contributed by atoms with van der Waals surface area (Å²) in [6.07, 6.45) is 0.787. The summed E-state index contributed by atoms with van der Waals surface area (Å²) in [5.74, 6) is -2.23. The highest BCUT2D eigenvalue weighted by Crippen LogP contribution is 2.31. The Hall–Kier alpha value is -1.75. The molecule has 0 saturated heterocycles. The van der Waals surface area contributed by atoms with Gasteiger partial charge in [0.1, 0.15) is 29.0 Å². The van der Waals surface area contributed by atoms with Crippen LogP contribution in [0.4, 0.5) is 13.2 Å². The summed E-state index contributed by atoms with van der Waals surface area (Å²) in [6, 6.07) is 4.44. The van der Waals surface area contributed by atoms with Crippen molar-refractivity contribution in [2.75, 3.05) is 6.54 Å². The Bertz CT molecular complexity index is 572. The summed E-state index contributed by atoms with van der Waals surface area (Å²) in [4.78, 5) is 0. The first-order valence-corrected chi connectivity index (χ1v) is 6.54. The molecule has 0 radical (unpaired) electrons. The van der Waals surface area contributed by atoms with Gasteiger partial charge in [-0.1, -0.05) is 13.8 Å². The highest BCUT2D eigenvalue weighted by Gasteiger charge is 2.19. The van der Waals surface area contributed by atoms with Crippen molar-refractivity contribution in [2.45, 2.75) is 26.3 Å². The smallest absolute Gasteiger partial charge is 0.140 e. The van der Waals surface area contributed by atoms with Crippen LogP contribution in [0.25, 0.3) is 11.3 Å². The molecule has 0 bridgehead atoms. The van der Waals surface area contributed by atoms with Crippen molar-refractivity contribution in [1.29, 1.82) is 0 Å². The van der Waals surface area contributed by atoms with E-state index >= 15 is 0 Å². The third kappa shape index (κ3) is 2.88. The quantitative estimate of drug-likeness (QED) is 0.878. The normalized spacial score (nSPS) is 12.7. The van der Waals surface area contributed by atoms with Gasteiger partial charge >= 0.3 is 0 Å². The van der Waals surface area contributed by atoms with Crippen LogP contribution in [-0.2, 0) is 0 Å². The minimum Gasteiger partial charge on any atom is -0.459 e. The fourth-order valence-electron chi connectivity index (χ4n) is 2.14. The Morgan fingerprint density at radius 2 is 1.75 bits per heavy atom. The second-order valence-electron chi connectivity index (χ2n) is 4.46. The standard InChI is InChI=1S/C15H16F3NO/c1-3-12(19-4-2)13-5-6-14(20-13)15-10(17)7-9(16)8-11(15)18/h5-8,12,19H,3-4H2,1-2H3. The van der Waals surface area contributed by atoms with Crippen LogP contribution in [0.5, 0.6) is 0 Å². The Morgan fingerprint density at radius 1 is 1.10 bits per heavy atom. The van der Waals surface area contributed by atoms with Crippen molar-refractivity contribution in [3.8, 4) is 11.3 Å². The van der Waals surface area contributed by atoms with Gasteiger partial charge in [0.25, 0.3) is 0 Å². The number of hydrogen-bond acceptors (Lipinski definition) is 2. The van der Waals surface area contributed by atoms with E-state index in [-0.39, 0.29) is 17.4 Å². The minimum atomic E-state index is -0.972. The van der Waals surface area contributed by atoms with Crippen LogP contribution in [0.3, 0.4) is 0 Å². The first-order chi connectivity index (χ1) is 9.56. The van der Waals surface area contributed by atoms with Crippen molar-refractivity contribution in [2.24, 2.45) is 0 Å². The van der Waals surface area contributed by atoms with Crippen molar-refractivity contribution in [3.63, 3.8) is 0 Å². The molecule has 1 unspecified atom stereocenters. The lowest BCUT2D eigenvalue weighted by Gasteiger charge is -2.12. The molecule has 0 aliphatic rings. The summed E-state index contributed by atoms with van der Waals surface area (Å²) in [7, 11) is 0. The van der Waals surface area contributed by atoms with Gasteiger partial charge in [0.15, 0.2) is 0 Å². The van der Waals surface area contributed by atoms with Gasteiger partial charge in [-0.15, -0.1) is 0 Å². The molecule has 108 valence electrons. The molecule has 2 rings (SSSR count). The maximum atomic E-state index is 13.7. The molecular weight excluding hydrogens is 267 g/mol. The number of halogens is 3. The molecule has 1 atom stereocenters. The van der Waals surface area contributed by atoms with Crippen LogP contribution in [0, 0.1) is 17.5 Å². The average Bonchev–Trinajstić information content (AvgIpc) is 2.84. The SMILES string of the molecule is CCNC(CC)c1ccc(-c2c(F)cc(F)cc2F)o1. The molecule has 2 aromatic rings. The Labute approximate surface area is 115 Å². The van der Waals surface area contributed by atoms with E-state index in [1.54, 1.807) is 6.07 Å². The lowest BCUT2D eigenvalue weighted by atomic mass is 10.1. The lowest BCUT2D eigenvalue weighted by molar-refractivity contribution is 0.414. The van der Waals surface area contributed by atoms with Gasteiger partial charge in [-0.3, -0.25) is 0 Å². The van der Waals surface area contributed by atoms with Gasteiger partial charge in [0.05, 0.1) is 11.6 Å². The van der Waals surface area contributed by atoms with E-state index in [1.165, 1.54) is 6.07 Å². The monoisotopic (exact) mass is 283 g/mol. The fraction of sp³-hybridized carbons (Fsp3) is 0.333.